The van der Waals surface area contributed by atoms with E-state index in [-0.39, 0.29) is 16.6 Å². The smallest absolute Gasteiger partial charge is 0.265 e. The molecule has 0 saturated heterocycles. The highest BCUT2D eigenvalue weighted by Gasteiger charge is 2.17. The lowest BCUT2D eigenvalue weighted by atomic mass is 10.3. The Morgan fingerprint density at radius 3 is 2.85 bits per heavy atom. The van der Waals surface area contributed by atoms with Crippen molar-refractivity contribution < 1.29 is 8.42 Å². The number of nitrogens with zero attached hydrogens (tertiary/aromatic N) is 3. The van der Waals surface area contributed by atoms with E-state index in [0.29, 0.717) is 10.6 Å². The first-order valence-electron chi connectivity index (χ1n) is 5.48. The summed E-state index contributed by atoms with van der Waals surface area (Å²) in [6.07, 6.45) is 2.71. The van der Waals surface area contributed by atoms with Crippen molar-refractivity contribution in [3.8, 4) is 11.8 Å². The van der Waals surface area contributed by atoms with Crippen molar-refractivity contribution in [2.24, 2.45) is 5.73 Å². The summed E-state index contributed by atoms with van der Waals surface area (Å²) in [7, 11) is -3.75. The minimum atomic E-state index is -3.75. The zero-order valence-electron chi connectivity index (χ0n) is 10.5. The fraction of sp³-hybridized carbons (Fsp3) is 0.182. The van der Waals surface area contributed by atoms with Gasteiger partial charge in [0.25, 0.3) is 10.0 Å². The third-order valence-electron chi connectivity index (χ3n) is 2.11. The normalized spacial score (nSPS) is 10.7. The van der Waals surface area contributed by atoms with E-state index in [0.717, 1.165) is 11.3 Å². The van der Waals surface area contributed by atoms with Crippen molar-refractivity contribution in [3.63, 3.8) is 0 Å². The molecule has 2 rings (SSSR count). The SMILES string of the molecule is Cc1nnc(NS(=O)(=O)c2cncc(C#CCN)c2)s1. The second kappa shape index (κ2) is 5.96. The molecule has 0 radical (unpaired) electrons. The molecule has 0 spiro atoms. The van der Waals surface area contributed by atoms with Crippen LogP contribution in [0.3, 0.4) is 0 Å². The minimum Gasteiger partial charge on any atom is -0.320 e. The molecule has 2 heterocycles. The monoisotopic (exact) mass is 309 g/mol. The molecule has 0 aliphatic heterocycles. The Morgan fingerprint density at radius 1 is 1.40 bits per heavy atom. The minimum absolute atomic E-state index is 0.00849. The molecule has 104 valence electrons. The van der Waals surface area contributed by atoms with Crippen LogP contribution in [0.15, 0.2) is 23.4 Å². The summed E-state index contributed by atoms with van der Waals surface area (Å²) in [6, 6.07) is 1.42. The van der Waals surface area contributed by atoms with Crippen molar-refractivity contribution in [1.82, 2.24) is 15.2 Å². The molecule has 0 aliphatic carbocycles. The molecular formula is C11H11N5O2S2. The van der Waals surface area contributed by atoms with E-state index in [1.54, 1.807) is 6.92 Å². The molecule has 20 heavy (non-hydrogen) atoms. The Kier molecular flexibility index (Phi) is 4.29. The first-order valence-corrected chi connectivity index (χ1v) is 7.78. The Balaban J connectivity index is 2.29. The first-order chi connectivity index (χ1) is 9.51. The van der Waals surface area contributed by atoms with Crippen LogP contribution < -0.4 is 10.5 Å². The maximum absolute atomic E-state index is 12.2. The number of aromatic nitrogens is 3. The molecule has 0 unspecified atom stereocenters. The van der Waals surface area contributed by atoms with Crippen molar-refractivity contribution in [2.75, 3.05) is 11.3 Å². The van der Waals surface area contributed by atoms with Gasteiger partial charge in [0.05, 0.1) is 6.54 Å². The predicted octanol–water partition coefficient (Wildman–Crippen LogP) is 0.353. The summed E-state index contributed by atoms with van der Waals surface area (Å²) in [5.41, 5.74) is 5.74. The van der Waals surface area contributed by atoms with Gasteiger partial charge in [0, 0.05) is 18.0 Å². The molecule has 3 N–H and O–H groups in total. The molecule has 2 aromatic heterocycles. The van der Waals surface area contributed by atoms with E-state index in [9.17, 15) is 8.42 Å². The van der Waals surface area contributed by atoms with E-state index < -0.39 is 10.0 Å². The highest BCUT2D eigenvalue weighted by molar-refractivity contribution is 7.93. The number of nitrogens with two attached hydrogens (primary N) is 1. The number of sulfonamides is 1. The van der Waals surface area contributed by atoms with Crippen molar-refractivity contribution >= 4 is 26.5 Å². The van der Waals surface area contributed by atoms with Crippen LogP contribution in [0.5, 0.6) is 0 Å². The standard InChI is InChI=1S/C11H11N5O2S2/c1-8-14-15-11(19-8)16-20(17,18)10-5-9(3-2-4-12)6-13-7-10/h5-7H,4,12H2,1H3,(H,15,16). The predicted molar refractivity (Wildman–Crippen MR) is 75.6 cm³/mol. The van der Waals surface area contributed by atoms with Gasteiger partial charge in [-0.05, 0) is 13.0 Å². The fourth-order valence-corrected chi connectivity index (χ4v) is 3.11. The summed E-state index contributed by atoms with van der Waals surface area (Å²) in [5, 5.41) is 8.33. The quantitative estimate of drug-likeness (QED) is 0.792. The number of nitrogens with one attached hydrogen (secondary N) is 1. The average Bonchev–Trinajstić information content (AvgIpc) is 2.81. The van der Waals surface area contributed by atoms with Gasteiger partial charge in [0.2, 0.25) is 5.13 Å². The first kappa shape index (κ1) is 14.4. The van der Waals surface area contributed by atoms with E-state index >= 15 is 0 Å². The van der Waals surface area contributed by atoms with Crippen molar-refractivity contribution in [2.45, 2.75) is 11.8 Å². The topological polar surface area (TPSA) is 111 Å². The zero-order chi connectivity index (χ0) is 14.6. The van der Waals surface area contributed by atoms with Crippen LogP contribution in [-0.2, 0) is 10.0 Å². The Bertz CT molecular complexity index is 773. The molecule has 2 aromatic rings. The molecular weight excluding hydrogens is 298 g/mol. The van der Waals surface area contributed by atoms with Crippen LogP contribution in [0.2, 0.25) is 0 Å². The van der Waals surface area contributed by atoms with Gasteiger partial charge < -0.3 is 5.73 Å². The van der Waals surface area contributed by atoms with Gasteiger partial charge in [0.15, 0.2) is 0 Å². The Morgan fingerprint density at radius 2 is 2.20 bits per heavy atom. The maximum Gasteiger partial charge on any atom is 0.265 e. The lowest BCUT2D eigenvalue weighted by Gasteiger charge is -2.04. The second-order valence-corrected chi connectivity index (χ2v) is 6.51. The van der Waals surface area contributed by atoms with Crippen LogP contribution in [0.1, 0.15) is 10.6 Å². The third-order valence-corrected chi connectivity index (χ3v) is 4.30. The van der Waals surface area contributed by atoms with Gasteiger partial charge in [-0.25, -0.2) is 8.42 Å². The van der Waals surface area contributed by atoms with Crippen LogP contribution in [0, 0.1) is 18.8 Å². The molecule has 0 saturated carbocycles. The number of hydrogen-bond donors (Lipinski definition) is 2. The molecule has 0 aliphatic rings. The Labute approximate surface area is 120 Å². The number of hydrogen-bond acceptors (Lipinski definition) is 7. The molecule has 0 atom stereocenters. The van der Waals surface area contributed by atoms with Gasteiger partial charge in [-0.2, -0.15) is 0 Å². The maximum atomic E-state index is 12.2. The average molecular weight is 309 g/mol. The number of pyridine rings is 1. The third kappa shape index (κ3) is 3.51. The van der Waals surface area contributed by atoms with E-state index in [2.05, 4.69) is 31.7 Å². The van der Waals surface area contributed by atoms with Crippen LogP contribution in [0.25, 0.3) is 0 Å². The number of anilines is 1. The lowest BCUT2D eigenvalue weighted by molar-refractivity contribution is 0.600. The second-order valence-electron chi connectivity index (χ2n) is 3.65. The summed E-state index contributed by atoms with van der Waals surface area (Å²) in [6.45, 7) is 1.93. The van der Waals surface area contributed by atoms with Crippen LogP contribution >= 0.6 is 11.3 Å². The fourth-order valence-electron chi connectivity index (χ4n) is 1.30. The summed E-state index contributed by atoms with van der Waals surface area (Å²) in [4.78, 5) is 3.86. The van der Waals surface area contributed by atoms with Crippen molar-refractivity contribution in [1.29, 1.82) is 0 Å². The summed E-state index contributed by atoms with van der Waals surface area (Å²) >= 11 is 1.15. The highest BCUT2D eigenvalue weighted by Crippen LogP contribution is 2.19. The summed E-state index contributed by atoms with van der Waals surface area (Å²) in [5.74, 6) is 5.37. The molecule has 0 aromatic carbocycles. The van der Waals surface area contributed by atoms with E-state index in [4.69, 9.17) is 5.73 Å². The van der Waals surface area contributed by atoms with Crippen LogP contribution in [0.4, 0.5) is 5.13 Å². The van der Waals surface area contributed by atoms with Crippen LogP contribution in [-0.4, -0.2) is 30.1 Å². The lowest BCUT2D eigenvalue weighted by Crippen LogP contribution is -2.13. The zero-order valence-corrected chi connectivity index (χ0v) is 12.1. The molecule has 0 bridgehead atoms. The molecule has 0 amide bonds. The van der Waals surface area contributed by atoms with Gasteiger partial charge in [-0.1, -0.05) is 23.2 Å². The molecule has 7 nitrogen and oxygen atoms in total. The molecule has 0 fully saturated rings. The largest absolute Gasteiger partial charge is 0.320 e. The van der Waals surface area contributed by atoms with E-state index in [1.165, 1.54) is 18.5 Å². The van der Waals surface area contributed by atoms with Gasteiger partial charge >= 0.3 is 0 Å². The number of aryl methyl sites for hydroxylation is 1. The van der Waals surface area contributed by atoms with Gasteiger partial charge in [-0.3, -0.25) is 9.71 Å². The van der Waals surface area contributed by atoms with Gasteiger partial charge in [-0.15, -0.1) is 10.2 Å². The number of rotatable bonds is 3. The molecule has 9 heteroatoms. The van der Waals surface area contributed by atoms with E-state index in [1.807, 2.05) is 0 Å². The van der Waals surface area contributed by atoms with Crippen molar-refractivity contribution in [3.05, 3.63) is 29.0 Å². The Hall–Kier alpha value is -2.02. The highest BCUT2D eigenvalue weighted by atomic mass is 32.2. The van der Waals surface area contributed by atoms with Gasteiger partial charge in [0.1, 0.15) is 9.90 Å². The summed E-state index contributed by atoms with van der Waals surface area (Å²) < 4.78 is 26.6.